The van der Waals surface area contributed by atoms with Crippen molar-refractivity contribution in [2.75, 3.05) is 7.11 Å². The Labute approximate surface area is 192 Å². The summed E-state index contributed by atoms with van der Waals surface area (Å²) in [5.41, 5.74) is 0.0347. The minimum Gasteiger partial charge on any atom is -0.497 e. The SMILES string of the molecule is COc1ccc([C@H](CC(C)=O)C(F)(S(=O)(=O)c2ccccc2)S(=O)(=O)c2ccccc2)cc1. The van der Waals surface area contributed by atoms with Crippen molar-refractivity contribution >= 4 is 25.5 Å². The van der Waals surface area contributed by atoms with E-state index in [0.29, 0.717) is 5.75 Å². The van der Waals surface area contributed by atoms with Crippen LogP contribution in [0.15, 0.2) is 94.7 Å². The molecule has 0 aliphatic rings. The van der Waals surface area contributed by atoms with Crippen LogP contribution in [-0.4, -0.2) is 34.1 Å². The Morgan fingerprint density at radius 1 is 0.818 bits per heavy atom. The maximum Gasteiger partial charge on any atom is 0.324 e. The zero-order valence-corrected chi connectivity index (χ0v) is 19.6. The van der Waals surface area contributed by atoms with Crippen LogP contribution >= 0.6 is 0 Å². The minimum atomic E-state index is -5.15. The topological polar surface area (TPSA) is 94.6 Å². The fourth-order valence-corrected chi connectivity index (χ4v) is 8.20. The largest absolute Gasteiger partial charge is 0.497 e. The van der Waals surface area contributed by atoms with E-state index >= 15 is 4.39 Å². The molecule has 0 fully saturated rings. The highest BCUT2D eigenvalue weighted by Gasteiger charge is 2.63. The number of halogens is 1. The van der Waals surface area contributed by atoms with Crippen LogP contribution in [0.25, 0.3) is 0 Å². The number of hydrogen-bond acceptors (Lipinski definition) is 6. The highest BCUT2D eigenvalue weighted by atomic mass is 32.3. The van der Waals surface area contributed by atoms with E-state index in [1.165, 1.54) is 67.8 Å². The number of sulfone groups is 2. The summed E-state index contributed by atoms with van der Waals surface area (Å²) in [5, 5.41) is 0. The maximum absolute atomic E-state index is 17.3. The predicted octanol–water partition coefficient (Wildman–Crippen LogP) is 4.33. The molecule has 3 aromatic rings. The zero-order chi connectivity index (χ0) is 24.3. The molecule has 1 atom stereocenters. The third-order valence-electron chi connectivity index (χ3n) is 5.27. The number of methoxy groups -OCH3 is 1. The van der Waals surface area contributed by atoms with Gasteiger partial charge in [0.2, 0.25) is 19.7 Å². The Morgan fingerprint density at radius 3 is 1.61 bits per heavy atom. The van der Waals surface area contributed by atoms with Gasteiger partial charge < -0.3 is 9.53 Å². The van der Waals surface area contributed by atoms with Gasteiger partial charge >= 0.3 is 4.33 Å². The first kappa shape index (κ1) is 24.6. The van der Waals surface area contributed by atoms with Crippen molar-refractivity contribution in [2.24, 2.45) is 0 Å². The van der Waals surface area contributed by atoms with E-state index in [4.69, 9.17) is 4.74 Å². The third kappa shape index (κ3) is 4.43. The molecular formula is C24H23FO6S2. The summed E-state index contributed by atoms with van der Waals surface area (Å²) in [7, 11) is -8.89. The quantitative estimate of drug-likeness (QED) is 0.443. The van der Waals surface area contributed by atoms with Crippen molar-refractivity contribution in [3.05, 3.63) is 90.5 Å². The molecule has 0 aromatic heterocycles. The molecule has 3 rings (SSSR count). The average Bonchev–Trinajstić information content (AvgIpc) is 2.83. The van der Waals surface area contributed by atoms with Crippen LogP contribution in [0.1, 0.15) is 24.8 Å². The number of carbonyl (C=O) groups excluding carboxylic acids is 1. The second-order valence-electron chi connectivity index (χ2n) is 7.45. The molecular weight excluding hydrogens is 467 g/mol. The van der Waals surface area contributed by atoms with Gasteiger partial charge in [-0.15, -0.1) is 0 Å². The van der Waals surface area contributed by atoms with Crippen LogP contribution in [0.4, 0.5) is 4.39 Å². The molecule has 0 saturated carbocycles. The van der Waals surface area contributed by atoms with E-state index in [1.807, 2.05) is 0 Å². The van der Waals surface area contributed by atoms with Gasteiger partial charge in [0.1, 0.15) is 11.5 Å². The van der Waals surface area contributed by atoms with E-state index < -0.39 is 51.9 Å². The van der Waals surface area contributed by atoms with Crippen molar-refractivity contribution in [2.45, 2.75) is 33.4 Å². The average molecular weight is 491 g/mol. The maximum atomic E-state index is 17.3. The van der Waals surface area contributed by atoms with Gasteiger partial charge in [-0.25, -0.2) is 21.2 Å². The van der Waals surface area contributed by atoms with Crippen LogP contribution in [0.3, 0.4) is 0 Å². The fourth-order valence-electron chi connectivity index (χ4n) is 3.60. The summed E-state index contributed by atoms with van der Waals surface area (Å²) in [6.07, 6.45) is -0.652. The van der Waals surface area contributed by atoms with Crippen LogP contribution in [0.2, 0.25) is 0 Å². The van der Waals surface area contributed by atoms with E-state index in [1.54, 1.807) is 0 Å². The number of ether oxygens (including phenoxy) is 1. The predicted molar refractivity (Wildman–Crippen MR) is 122 cm³/mol. The highest BCUT2D eigenvalue weighted by Crippen LogP contribution is 2.48. The van der Waals surface area contributed by atoms with Gasteiger partial charge in [0.05, 0.1) is 22.8 Å². The molecule has 0 aliphatic carbocycles. The Hall–Kier alpha value is -3.04. The van der Waals surface area contributed by atoms with Crippen molar-refractivity contribution < 1.29 is 30.8 Å². The fraction of sp³-hybridized carbons (Fsp3) is 0.208. The third-order valence-corrected chi connectivity index (χ3v) is 10.4. The molecule has 0 unspecified atom stereocenters. The molecule has 0 amide bonds. The molecule has 0 N–H and O–H groups in total. The van der Waals surface area contributed by atoms with E-state index in [2.05, 4.69) is 0 Å². The van der Waals surface area contributed by atoms with Crippen LogP contribution in [0, 0.1) is 0 Å². The van der Waals surface area contributed by atoms with Crippen LogP contribution in [-0.2, 0) is 24.5 Å². The van der Waals surface area contributed by atoms with Crippen molar-refractivity contribution in [3.8, 4) is 5.75 Å². The van der Waals surface area contributed by atoms with Gasteiger partial charge in [-0.1, -0.05) is 48.5 Å². The summed E-state index contributed by atoms with van der Waals surface area (Å²) < 4.78 is 73.3. The molecule has 0 radical (unpaired) electrons. The summed E-state index contributed by atoms with van der Waals surface area (Å²) in [6, 6.07) is 18.7. The smallest absolute Gasteiger partial charge is 0.324 e. The van der Waals surface area contributed by atoms with Gasteiger partial charge in [0.25, 0.3) is 0 Å². The molecule has 33 heavy (non-hydrogen) atoms. The highest BCUT2D eigenvalue weighted by molar-refractivity contribution is 8.10. The molecule has 9 heteroatoms. The normalized spacial score (nSPS) is 13.3. The number of ketones is 1. The van der Waals surface area contributed by atoms with E-state index in [-0.39, 0.29) is 5.56 Å². The first-order chi connectivity index (χ1) is 15.6. The second kappa shape index (κ2) is 9.44. The van der Waals surface area contributed by atoms with Crippen LogP contribution in [0.5, 0.6) is 5.75 Å². The standard InChI is InChI=1S/C24H23FO6S2/c1-18(26)17-23(19-13-15-20(31-2)16-14-19)24(25,32(27,28)21-9-5-3-6-10-21)33(29,30)22-11-7-4-8-12-22/h3-16,23H,17H2,1-2H3/t23-/m0/s1. The van der Waals surface area contributed by atoms with E-state index in [0.717, 1.165) is 31.2 Å². The van der Waals surface area contributed by atoms with Gasteiger partial charge in [0, 0.05) is 6.42 Å². The molecule has 0 bridgehead atoms. The Kier molecular flexibility index (Phi) is 7.04. The lowest BCUT2D eigenvalue weighted by Crippen LogP contribution is -2.48. The molecule has 0 aliphatic heterocycles. The van der Waals surface area contributed by atoms with E-state index in [9.17, 15) is 21.6 Å². The first-order valence-corrected chi connectivity index (χ1v) is 12.9. The lowest BCUT2D eigenvalue weighted by molar-refractivity contribution is -0.117. The molecule has 0 heterocycles. The van der Waals surface area contributed by atoms with Crippen molar-refractivity contribution in [1.29, 1.82) is 0 Å². The van der Waals surface area contributed by atoms with Crippen LogP contribution < -0.4 is 4.74 Å². The lowest BCUT2D eigenvalue weighted by Gasteiger charge is -2.33. The number of rotatable bonds is 9. The number of carbonyl (C=O) groups is 1. The van der Waals surface area contributed by atoms with Gasteiger partial charge in [-0.3, -0.25) is 0 Å². The summed E-state index contributed by atoms with van der Waals surface area (Å²) >= 11 is 0. The Balaban J connectivity index is 2.38. The molecule has 3 aromatic carbocycles. The molecule has 0 saturated heterocycles. The van der Waals surface area contributed by atoms with Gasteiger partial charge in [-0.05, 0) is 48.9 Å². The monoisotopic (exact) mass is 490 g/mol. The van der Waals surface area contributed by atoms with Gasteiger partial charge in [0.15, 0.2) is 0 Å². The van der Waals surface area contributed by atoms with Gasteiger partial charge in [-0.2, -0.15) is 0 Å². The molecule has 6 nitrogen and oxygen atoms in total. The number of Topliss-reactive ketones (excluding diaryl/α,β-unsaturated/α-hetero) is 1. The summed E-state index contributed by atoms with van der Waals surface area (Å²) in [5.74, 6) is -2.00. The first-order valence-electron chi connectivity index (χ1n) is 9.97. The Bertz CT molecular complexity index is 1250. The Morgan fingerprint density at radius 2 is 1.24 bits per heavy atom. The zero-order valence-electron chi connectivity index (χ0n) is 18.0. The number of alkyl halides is 1. The molecule has 174 valence electrons. The summed E-state index contributed by atoms with van der Waals surface area (Å²) in [6.45, 7) is 1.15. The minimum absolute atomic E-state index is 0.0347. The second-order valence-corrected chi connectivity index (χ2v) is 11.9. The van der Waals surface area contributed by atoms with Crippen molar-refractivity contribution in [3.63, 3.8) is 0 Å². The molecule has 0 spiro atoms. The number of benzene rings is 3. The van der Waals surface area contributed by atoms with Crippen molar-refractivity contribution in [1.82, 2.24) is 0 Å². The summed E-state index contributed by atoms with van der Waals surface area (Å²) in [4.78, 5) is 11.1. The lowest BCUT2D eigenvalue weighted by atomic mass is 9.94. The number of hydrogen-bond donors (Lipinski definition) is 0.